The van der Waals surface area contributed by atoms with Crippen molar-refractivity contribution in [3.05, 3.63) is 0 Å². The van der Waals surface area contributed by atoms with Gasteiger partial charge in [0.1, 0.15) is 0 Å². The Morgan fingerprint density at radius 2 is 2.00 bits per heavy atom. The molecule has 2 nitrogen and oxygen atoms in total. The standard InChI is InChI=1S/C11H23NO/c1-5-11(2,3)12(4)9-7-6-8-10(9)13/h9-10,13H,5-8H2,1-4H3. The van der Waals surface area contributed by atoms with Gasteiger partial charge in [0.25, 0.3) is 0 Å². The van der Waals surface area contributed by atoms with Gasteiger partial charge in [-0.1, -0.05) is 6.92 Å². The predicted octanol–water partition coefficient (Wildman–Crippen LogP) is 2.02. The molecule has 0 aromatic rings. The minimum Gasteiger partial charge on any atom is -0.391 e. The Balaban J connectivity index is 2.60. The fourth-order valence-electron chi connectivity index (χ4n) is 2.07. The topological polar surface area (TPSA) is 23.5 Å². The van der Waals surface area contributed by atoms with Gasteiger partial charge in [-0.05, 0) is 46.6 Å². The van der Waals surface area contributed by atoms with E-state index < -0.39 is 0 Å². The van der Waals surface area contributed by atoms with Crippen molar-refractivity contribution >= 4 is 0 Å². The highest BCUT2D eigenvalue weighted by atomic mass is 16.3. The van der Waals surface area contributed by atoms with E-state index in [-0.39, 0.29) is 11.6 Å². The highest BCUT2D eigenvalue weighted by Gasteiger charge is 2.34. The van der Waals surface area contributed by atoms with Gasteiger partial charge in [-0.2, -0.15) is 0 Å². The third-order valence-electron chi connectivity index (χ3n) is 3.76. The summed E-state index contributed by atoms with van der Waals surface area (Å²) in [5.74, 6) is 0. The first-order valence-corrected chi connectivity index (χ1v) is 5.40. The van der Waals surface area contributed by atoms with Gasteiger partial charge in [-0.15, -0.1) is 0 Å². The molecular weight excluding hydrogens is 162 g/mol. The summed E-state index contributed by atoms with van der Waals surface area (Å²) in [7, 11) is 2.14. The van der Waals surface area contributed by atoms with E-state index in [0.717, 1.165) is 19.3 Å². The van der Waals surface area contributed by atoms with E-state index in [9.17, 15) is 5.11 Å². The Kier molecular flexibility index (Phi) is 3.36. The highest BCUT2D eigenvalue weighted by molar-refractivity contribution is 4.90. The average molecular weight is 185 g/mol. The lowest BCUT2D eigenvalue weighted by Crippen LogP contribution is -2.49. The molecule has 1 saturated carbocycles. The molecule has 0 bridgehead atoms. The number of aliphatic hydroxyl groups is 1. The molecule has 2 atom stereocenters. The van der Waals surface area contributed by atoms with Crippen molar-refractivity contribution in [2.24, 2.45) is 0 Å². The summed E-state index contributed by atoms with van der Waals surface area (Å²) in [4.78, 5) is 2.35. The van der Waals surface area contributed by atoms with Gasteiger partial charge >= 0.3 is 0 Å². The molecule has 1 N–H and O–H groups in total. The maximum Gasteiger partial charge on any atom is 0.0695 e. The van der Waals surface area contributed by atoms with E-state index >= 15 is 0 Å². The summed E-state index contributed by atoms with van der Waals surface area (Å²) in [6, 6.07) is 0.384. The molecule has 13 heavy (non-hydrogen) atoms. The number of hydrogen-bond donors (Lipinski definition) is 1. The summed E-state index contributed by atoms with van der Waals surface area (Å²) in [6.07, 6.45) is 4.34. The number of aliphatic hydroxyl groups excluding tert-OH is 1. The minimum atomic E-state index is -0.101. The van der Waals surface area contributed by atoms with Crippen LogP contribution in [0.5, 0.6) is 0 Å². The SMILES string of the molecule is CCC(C)(C)N(C)C1CCCC1O. The van der Waals surface area contributed by atoms with Crippen molar-refractivity contribution in [1.29, 1.82) is 0 Å². The van der Waals surface area contributed by atoms with Crippen LogP contribution in [0.4, 0.5) is 0 Å². The van der Waals surface area contributed by atoms with Crippen LogP contribution < -0.4 is 0 Å². The van der Waals surface area contributed by atoms with E-state index in [4.69, 9.17) is 0 Å². The van der Waals surface area contributed by atoms with Crippen molar-refractivity contribution in [2.45, 2.75) is 64.1 Å². The Hall–Kier alpha value is -0.0800. The van der Waals surface area contributed by atoms with Gasteiger partial charge in [-0.3, -0.25) is 4.90 Å². The van der Waals surface area contributed by atoms with E-state index in [0.29, 0.717) is 6.04 Å². The Bertz CT molecular complexity index is 167. The molecule has 2 unspecified atom stereocenters. The maximum absolute atomic E-state index is 9.78. The lowest BCUT2D eigenvalue weighted by Gasteiger charge is -2.40. The van der Waals surface area contributed by atoms with Crippen LogP contribution in [-0.4, -0.2) is 34.7 Å². The smallest absolute Gasteiger partial charge is 0.0695 e. The Morgan fingerprint density at radius 3 is 2.38 bits per heavy atom. The molecule has 1 aliphatic carbocycles. The second-order valence-corrected chi connectivity index (χ2v) is 4.84. The summed E-state index contributed by atoms with van der Waals surface area (Å²) in [5, 5.41) is 9.78. The molecule has 0 aromatic heterocycles. The van der Waals surface area contributed by atoms with Crippen LogP contribution in [0, 0.1) is 0 Å². The zero-order valence-corrected chi connectivity index (χ0v) is 9.38. The zero-order chi connectivity index (χ0) is 10.1. The lowest BCUT2D eigenvalue weighted by atomic mass is 9.97. The first-order valence-electron chi connectivity index (χ1n) is 5.40. The summed E-state index contributed by atoms with van der Waals surface area (Å²) in [5.41, 5.74) is 0.218. The second kappa shape index (κ2) is 3.97. The first kappa shape index (κ1) is 11.0. The molecule has 0 radical (unpaired) electrons. The summed E-state index contributed by atoms with van der Waals surface area (Å²) in [6.45, 7) is 6.70. The maximum atomic E-state index is 9.78. The largest absolute Gasteiger partial charge is 0.391 e. The van der Waals surface area contributed by atoms with Crippen LogP contribution in [0.2, 0.25) is 0 Å². The molecule has 0 aromatic carbocycles. The third kappa shape index (κ3) is 2.23. The molecule has 1 aliphatic rings. The van der Waals surface area contributed by atoms with Crippen molar-refractivity contribution in [3.8, 4) is 0 Å². The van der Waals surface area contributed by atoms with Gasteiger partial charge in [0, 0.05) is 11.6 Å². The number of hydrogen-bond acceptors (Lipinski definition) is 2. The molecule has 78 valence electrons. The Morgan fingerprint density at radius 1 is 1.38 bits per heavy atom. The van der Waals surface area contributed by atoms with Crippen LogP contribution >= 0.6 is 0 Å². The van der Waals surface area contributed by atoms with Gasteiger partial charge in [0.15, 0.2) is 0 Å². The molecular formula is C11H23NO. The van der Waals surface area contributed by atoms with Gasteiger partial charge in [0.05, 0.1) is 6.10 Å². The van der Waals surface area contributed by atoms with E-state index in [1.807, 2.05) is 0 Å². The van der Waals surface area contributed by atoms with Crippen molar-refractivity contribution < 1.29 is 5.11 Å². The van der Waals surface area contributed by atoms with Gasteiger partial charge in [0.2, 0.25) is 0 Å². The average Bonchev–Trinajstić information content (AvgIpc) is 2.50. The number of likely N-dealkylation sites (N-methyl/N-ethyl adjacent to an activating group) is 1. The summed E-state index contributed by atoms with van der Waals surface area (Å²) < 4.78 is 0. The number of rotatable bonds is 3. The van der Waals surface area contributed by atoms with Crippen LogP contribution in [0.3, 0.4) is 0 Å². The molecule has 2 heteroatoms. The highest BCUT2D eigenvalue weighted by Crippen LogP contribution is 2.29. The number of nitrogens with zero attached hydrogens (tertiary/aromatic N) is 1. The molecule has 0 spiro atoms. The van der Waals surface area contributed by atoms with Crippen molar-refractivity contribution in [3.63, 3.8) is 0 Å². The van der Waals surface area contributed by atoms with Crippen LogP contribution in [0.1, 0.15) is 46.5 Å². The third-order valence-corrected chi connectivity index (χ3v) is 3.76. The molecule has 0 amide bonds. The van der Waals surface area contributed by atoms with Gasteiger partial charge in [-0.25, -0.2) is 0 Å². The van der Waals surface area contributed by atoms with Crippen molar-refractivity contribution in [2.75, 3.05) is 7.05 Å². The molecule has 0 saturated heterocycles. The first-order chi connectivity index (χ1) is 5.99. The Labute approximate surface area is 81.9 Å². The van der Waals surface area contributed by atoms with Crippen LogP contribution in [-0.2, 0) is 0 Å². The quantitative estimate of drug-likeness (QED) is 0.727. The fraction of sp³-hybridized carbons (Fsp3) is 1.00. The molecule has 0 aliphatic heterocycles. The lowest BCUT2D eigenvalue weighted by molar-refractivity contribution is 0.0264. The second-order valence-electron chi connectivity index (χ2n) is 4.84. The molecule has 1 rings (SSSR count). The fourth-order valence-corrected chi connectivity index (χ4v) is 2.07. The molecule has 0 heterocycles. The normalized spacial score (nSPS) is 30.0. The van der Waals surface area contributed by atoms with Gasteiger partial charge < -0.3 is 5.11 Å². The predicted molar refractivity (Wildman–Crippen MR) is 55.8 cm³/mol. The summed E-state index contributed by atoms with van der Waals surface area (Å²) >= 11 is 0. The van der Waals surface area contributed by atoms with Crippen LogP contribution in [0.15, 0.2) is 0 Å². The van der Waals surface area contributed by atoms with Crippen molar-refractivity contribution in [1.82, 2.24) is 4.90 Å². The van der Waals surface area contributed by atoms with E-state index in [1.165, 1.54) is 6.42 Å². The van der Waals surface area contributed by atoms with Crippen LogP contribution in [0.25, 0.3) is 0 Å². The monoisotopic (exact) mass is 185 g/mol. The molecule has 1 fully saturated rings. The van der Waals surface area contributed by atoms with E-state index in [1.54, 1.807) is 0 Å². The minimum absolute atomic E-state index is 0.101. The zero-order valence-electron chi connectivity index (χ0n) is 9.38. The van der Waals surface area contributed by atoms with E-state index in [2.05, 4.69) is 32.7 Å².